The first-order valence-electron chi connectivity index (χ1n) is 11.2. The first-order chi connectivity index (χ1) is 16.2. The molecule has 4 rings (SSSR count). The molecule has 33 heavy (non-hydrogen) atoms. The van der Waals surface area contributed by atoms with Crippen LogP contribution in [-0.4, -0.2) is 36.9 Å². The molecule has 1 aliphatic rings. The average molecular weight is 441 g/mol. The van der Waals surface area contributed by atoms with Crippen LogP contribution in [0.4, 0.5) is 5.69 Å². The van der Waals surface area contributed by atoms with E-state index in [4.69, 9.17) is 4.74 Å². The molecule has 3 aromatic rings. The van der Waals surface area contributed by atoms with Gasteiger partial charge in [-0.2, -0.15) is 0 Å². The second kappa shape index (κ2) is 10.6. The number of likely N-dealkylation sites (tertiary alicyclic amines) is 1. The number of nitrogens with zero attached hydrogens (tertiary/aromatic N) is 1. The standard InChI is InChI=1S/C28H28N2O3/c1-33-26-15-9-8-12-23(26)20-25(21-10-4-2-5-11-21)28(32)30-18-16-22(17-19-30)27(31)29-24-13-6-3-7-14-24/h2-15,20,22H,16-19H2,1H3,(H,29,31)/b25-20+. The molecule has 1 N–H and O–H groups in total. The highest BCUT2D eigenvalue weighted by Crippen LogP contribution is 2.28. The number of hydrogen-bond acceptors (Lipinski definition) is 3. The lowest BCUT2D eigenvalue weighted by molar-refractivity contribution is -0.129. The van der Waals surface area contributed by atoms with Gasteiger partial charge in [-0.1, -0.05) is 66.7 Å². The summed E-state index contributed by atoms with van der Waals surface area (Å²) < 4.78 is 5.48. The molecule has 1 fully saturated rings. The van der Waals surface area contributed by atoms with Gasteiger partial charge in [0.05, 0.1) is 7.11 Å². The predicted molar refractivity (Wildman–Crippen MR) is 132 cm³/mol. The number of anilines is 1. The average Bonchev–Trinajstić information content (AvgIpc) is 2.88. The van der Waals surface area contributed by atoms with Crippen LogP contribution in [0.25, 0.3) is 11.6 Å². The lowest BCUT2D eigenvalue weighted by Gasteiger charge is -2.32. The molecule has 5 nitrogen and oxygen atoms in total. The summed E-state index contributed by atoms with van der Waals surface area (Å²) in [4.78, 5) is 28.1. The summed E-state index contributed by atoms with van der Waals surface area (Å²) >= 11 is 0. The van der Waals surface area contributed by atoms with Crippen LogP contribution in [0.3, 0.4) is 0 Å². The third-order valence-corrected chi connectivity index (χ3v) is 5.95. The van der Waals surface area contributed by atoms with E-state index in [1.54, 1.807) is 7.11 Å². The number of carbonyl (C=O) groups is 2. The number of methoxy groups -OCH3 is 1. The van der Waals surface area contributed by atoms with Crippen LogP contribution < -0.4 is 10.1 Å². The van der Waals surface area contributed by atoms with Crippen molar-refractivity contribution >= 4 is 29.2 Å². The van der Waals surface area contributed by atoms with E-state index in [-0.39, 0.29) is 17.7 Å². The molecule has 0 bridgehead atoms. The molecule has 1 saturated heterocycles. The maximum Gasteiger partial charge on any atom is 0.254 e. The number of benzene rings is 3. The fourth-order valence-electron chi connectivity index (χ4n) is 4.11. The molecule has 0 aliphatic carbocycles. The first kappa shape index (κ1) is 22.3. The van der Waals surface area contributed by atoms with Crippen molar-refractivity contribution in [3.8, 4) is 5.75 Å². The lowest BCUT2D eigenvalue weighted by atomic mass is 9.94. The van der Waals surface area contributed by atoms with Crippen molar-refractivity contribution in [2.24, 2.45) is 5.92 Å². The third kappa shape index (κ3) is 5.50. The van der Waals surface area contributed by atoms with Gasteiger partial charge >= 0.3 is 0 Å². The molecule has 3 aromatic carbocycles. The summed E-state index contributed by atoms with van der Waals surface area (Å²) in [5.41, 5.74) is 3.13. The summed E-state index contributed by atoms with van der Waals surface area (Å²) in [5.74, 6) is 0.595. The van der Waals surface area contributed by atoms with E-state index in [9.17, 15) is 9.59 Å². The van der Waals surface area contributed by atoms with Crippen molar-refractivity contribution in [2.45, 2.75) is 12.8 Å². The predicted octanol–water partition coefficient (Wildman–Crippen LogP) is 5.11. The van der Waals surface area contributed by atoms with E-state index in [1.165, 1.54) is 0 Å². The minimum Gasteiger partial charge on any atom is -0.496 e. The molecule has 5 heteroatoms. The normalized spacial score (nSPS) is 14.6. The van der Waals surface area contributed by atoms with Crippen LogP contribution >= 0.6 is 0 Å². The molecule has 0 unspecified atom stereocenters. The van der Waals surface area contributed by atoms with Gasteiger partial charge in [0.15, 0.2) is 0 Å². The van der Waals surface area contributed by atoms with Gasteiger partial charge in [-0.3, -0.25) is 9.59 Å². The van der Waals surface area contributed by atoms with Crippen molar-refractivity contribution in [3.63, 3.8) is 0 Å². The maximum atomic E-state index is 13.6. The van der Waals surface area contributed by atoms with E-state index < -0.39 is 0 Å². The number of hydrogen-bond donors (Lipinski definition) is 1. The van der Waals surface area contributed by atoms with Gasteiger partial charge in [0.2, 0.25) is 5.91 Å². The molecular formula is C28H28N2O3. The van der Waals surface area contributed by atoms with Crippen LogP contribution in [0.5, 0.6) is 5.75 Å². The topological polar surface area (TPSA) is 58.6 Å². The first-order valence-corrected chi connectivity index (χ1v) is 11.2. The Labute approximate surface area is 194 Å². The summed E-state index contributed by atoms with van der Waals surface area (Å²) in [6.45, 7) is 1.09. The Balaban J connectivity index is 1.50. The highest BCUT2D eigenvalue weighted by molar-refractivity contribution is 6.24. The Bertz CT molecular complexity index is 1120. The number of rotatable bonds is 6. The monoisotopic (exact) mass is 440 g/mol. The highest BCUT2D eigenvalue weighted by Gasteiger charge is 2.29. The molecule has 0 radical (unpaired) electrons. The van der Waals surface area contributed by atoms with Crippen molar-refractivity contribution in [1.82, 2.24) is 4.90 Å². The van der Waals surface area contributed by atoms with Gasteiger partial charge in [0.1, 0.15) is 5.75 Å². The van der Waals surface area contributed by atoms with Gasteiger partial charge in [-0.15, -0.1) is 0 Å². The number of piperidine rings is 1. The Morgan fingerprint density at radius 3 is 2.15 bits per heavy atom. The highest BCUT2D eigenvalue weighted by atomic mass is 16.5. The van der Waals surface area contributed by atoms with Gasteiger partial charge in [0.25, 0.3) is 5.91 Å². The Morgan fingerprint density at radius 2 is 1.48 bits per heavy atom. The molecule has 0 saturated carbocycles. The van der Waals surface area contributed by atoms with Gasteiger partial charge < -0.3 is 15.0 Å². The zero-order valence-electron chi connectivity index (χ0n) is 18.7. The second-order valence-corrected chi connectivity index (χ2v) is 8.09. The number of nitrogens with one attached hydrogen (secondary N) is 1. The number of carbonyl (C=O) groups excluding carboxylic acids is 2. The van der Waals surface area contributed by atoms with Crippen LogP contribution in [0.1, 0.15) is 24.0 Å². The number of para-hydroxylation sites is 2. The molecule has 0 spiro atoms. The second-order valence-electron chi connectivity index (χ2n) is 8.09. The summed E-state index contributed by atoms with van der Waals surface area (Å²) in [7, 11) is 1.63. The maximum absolute atomic E-state index is 13.6. The summed E-state index contributed by atoms with van der Waals surface area (Å²) in [5, 5.41) is 2.98. The molecule has 2 amide bonds. The quantitative estimate of drug-likeness (QED) is 0.428. The number of amides is 2. The SMILES string of the molecule is COc1ccccc1/C=C(/C(=O)N1CCC(C(=O)Nc2ccccc2)CC1)c1ccccc1. The lowest BCUT2D eigenvalue weighted by Crippen LogP contribution is -2.41. The molecule has 0 atom stereocenters. The zero-order valence-corrected chi connectivity index (χ0v) is 18.7. The minimum atomic E-state index is -0.104. The molecule has 1 heterocycles. The van der Waals surface area contributed by atoms with E-state index in [2.05, 4.69) is 5.32 Å². The molecular weight excluding hydrogens is 412 g/mol. The molecule has 0 aromatic heterocycles. The van der Waals surface area contributed by atoms with Gasteiger partial charge in [-0.25, -0.2) is 0 Å². The Morgan fingerprint density at radius 1 is 0.879 bits per heavy atom. The van der Waals surface area contributed by atoms with Crippen molar-refractivity contribution in [2.75, 3.05) is 25.5 Å². The van der Waals surface area contributed by atoms with Crippen molar-refractivity contribution in [1.29, 1.82) is 0 Å². The van der Waals surface area contributed by atoms with E-state index in [1.807, 2.05) is 95.9 Å². The van der Waals surface area contributed by atoms with Crippen LogP contribution in [0.2, 0.25) is 0 Å². The van der Waals surface area contributed by atoms with Gasteiger partial charge in [-0.05, 0) is 42.7 Å². The third-order valence-electron chi connectivity index (χ3n) is 5.95. The van der Waals surface area contributed by atoms with E-state index >= 15 is 0 Å². The Hall–Kier alpha value is -3.86. The van der Waals surface area contributed by atoms with Crippen molar-refractivity contribution < 1.29 is 14.3 Å². The van der Waals surface area contributed by atoms with E-state index in [0.717, 1.165) is 22.6 Å². The van der Waals surface area contributed by atoms with Crippen LogP contribution in [-0.2, 0) is 9.59 Å². The molecule has 1 aliphatic heterocycles. The fourth-order valence-corrected chi connectivity index (χ4v) is 4.11. The zero-order chi connectivity index (χ0) is 23.0. The van der Waals surface area contributed by atoms with Crippen molar-refractivity contribution in [3.05, 3.63) is 96.1 Å². The summed E-state index contributed by atoms with van der Waals surface area (Å²) in [6, 6.07) is 26.8. The minimum absolute atomic E-state index is 0.0149. The smallest absolute Gasteiger partial charge is 0.254 e. The molecule has 168 valence electrons. The Kier molecular flexibility index (Phi) is 7.20. The fraction of sp³-hybridized carbons (Fsp3) is 0.214. The van der Waals surface area contributed by atoms with E-state index in [0.29, 0.717) is 31.5 Å². The van der Waals surface area contributed by atoms with Gasteiger partial charge in [0, 0.05) is 35.8 Å². The van der Waals surface area contributed by atoms with Crippen LogP contribution in [0, 0.1) is 5.92 Å². The number of ether oxygens (including phenoxy) is 1. The summed E-state index contributed by atoms with van der Waals surface area (Å²) in [6.07, 6.45) is 3.17. The van der Waals surface area contributed by atoms with Crippen LogP contribution in [0.15, 0.2) is 84.9 Å². The largest absolute Gasteiger partial charge is 0.496 e.